The maximum atomic E-state index is 8.57. The number of hydrogen-bond donors (Lipinski definition) is 0. The zero-order valence-corrected chi connectivity index (χ0v) is 17.1. The summed E-state index contributed by atoms with van der Waals surface area (Å²) in [5.41, 5.74) is 8.57. The molecule has 128 valence electrons. The lowest BCUT2D eigenvalue weighted by Gasteiger charge is -2.37. The van der Waals surface area contributed by atoms with Crippen molar-refractivity contribution >= 4 is 24.2 Å². The Morgan fingerprint density at radius 3 is 2.57 bits per heavy atom. The highest BCUT2D eigenvalue weighted by Crippen LogP contribution is 2.36. The molecule has 0 bridgehead atoms. The lowest BCUT2D eigenvalue weighted by atomic mass is 10.2. The summed E-state index contributed by atoms with van der Waals surface area (Å²) in [6.45, 7) is 12.4. The van der Waals surface area contributed by atoms with Crippen LogP contribution in [0.1, 0.15) is 20.8 Å². The molecule has 0 aliphatic heterocycles. The van der Waals surface area contributed by atoms with E-state index in [9.17, 15) is 0 Å². The molecule has 0 fully saturated rings. The summed E-state index contributed by atoms with van der Waals surface area (Å²) in [5.74, 6) is 0.830. The van der Waals surface area contributed by atoms with E-state index in [0.29, 0.717) is 19.8 Å². The van der Waals surface area contributed by atoms with Crippen molar-refractivity contribution in [2.45, 2.75) is 38.9 Å². The van der Waals surface area contributed by atoms with Crippen LogP contribution in [0.3, 0.4) is 0 Å². The quantitative estimate of drug-likeness (QED) is 0.240. The Kier molecular flexibility index (Phi) is 7.60. The highest BCUT2D eigenvalue weighted by atomic mass is 79.9. The monoisotopic (exact) mass is 399 g/mol. The Hall–Kier alpha value is -1.01. The molecule has 0 amide bonds. The Morgan fingerprint density at radius 1 is 1.30 bits per heavy atom. The fourth-order valence-corrected chi connectivity index (χ4v) is 3.08. The fourth-order valence-electron chi connectivity index (χ4n) is 1.62. The van der Waals surface area contributed by atoms with Crippen LogP contribution in [0.25, 0.3) is 10.4 Å². The second kappa shape index (κ2) is 8.73. The summed E-state index contributed by atoms with van der Waals surface area (Å²) in [4.78, 5) is 2.86. The first-order chi connectivity index (χ1) is 10.7. The van der Waals surface area contributed by atoms with Crippen LogP contribution < -0.4 is 4.74 Å². The molecule has 7 heteroatoms. The van der Waals surface area contributed by atoms with E-state index in [1.165, 1.54) is 0 Å². The van der Waals surface area contributed by atoms with E-state index >= 15 is 0 Å². The first-order valence-corrected chi connectivity index (χ1v) is 11.4. The minimum atomic E-state index is -1.82. The molecular weight excluding hydrogens is 374 g/mol. The zero-order valence-electron chi connectivity index (χ0n) is 14.5. The molecule has 0 aliphatic rings. The van der Waals surface area contributed by atoms with Gasteiger partial charge in [-0.25, -0.2) is 0 Å². The molecule has 5 nitrogen and oxygen atoms in total. The lowest BCUT2D eigenvalue weighted by molar-refractivity contribution is 0.170. The molecule has 1 aromatic carbocycles. The minimum Gasteiger partial charge on any atom is -0.493 e. The van der Waals surface area contributed by atoms with Gasteiger partial charge in [0.05, 0.1) is 6.61 Å². The third kappa shape index (κ3) is 6.95. The van der Waals surface area contributed by atoms with Crippen LogP contribution in [0.4, 0.5) is 0 Å². The van der Waals surface area contributed by atoms with Gasteiger partial charge in [0.15, 0.2) is 8.32 Å². The van der Waals surface area contributed by atoms with Gasteiger partial charge in [0.25, 0.3) is 0 Å². The number of azide groups is 1. The standard InChI is InChI=1S/C16H26BrN3O2Si/c1-16(2,3)23(4,5)22-12-13(10-19-20-18)11-21-15-8-6-7-14(17)9-15/h6-9,13H,10-12H2,1-5H3/t13-/m1/s1. The second-order valence-corrected chi connectivity index (χ2v) is 12.8. The highest BCUT2D eigenvalue weighted by molar-refractivity contribution is 9.10. The third-order valence-corrected chi connectivity index (χ3v) is 9.16. The number of hydrogen-bond acceptors (Lipinski definition) is 3. The van der Waals surface area contributed by atoms with Gasteiger partial charge in [-0.2, -0.15) is 0 Å². The van der Waals surface area contributed by atoms with Crippen molar-refractivity contribution in [1.82, 2.24) is 0 Å². The predicted octanol–water partition coefficient (Wildman–Crippen LogP) is 5.78. The maximum absolute atomic E-state index is 8.57. The van der Waals surface area contributed by atoms with E-state index in [0.717, 1.165) is 10.2 Å². The summed E-state index contributed by atoms with van der Waals surface area (Å²) in [5, 5.41) is 3.85. The molecule has 1 aromatic rings. The average Bonchev–Trinajstić information content (AvgIpc) is 2.45. The van der Waals surface area contributed by atoms with Crippen molar-refractivity contribution in [3.63, 3.8) is 0 Å². The summed E-state index contributed by atoms with van der Waals surface area (Å²) in [6.07, 6.45) is 0. The second-order valence-electron chi connectivity index (χ2n) is 7.12. The van der Waals surface area contributed by atoms with Crippen molar-refractivity contribution in [2.75, 3.05) is 19.8 Å². The third-order valence-electron chi connectivity index (χ3n) is 4.17. The molecule has 0 spiro atoms. The molecule has 0 saturated carbocycles. The molecular formula is C16H26BrN3O2Si. The van der Waals surface area contributed by atoms with Crippen LogP contribution in [0.5, 0.6) is 5.75 Å². The molecule has 0 aromatic heterocycles. The largest absolute Gasteiger partial charge is 0.493 e. The number of ether oxygens (including phenoxy) is 1. The highest BCUT2D eigenvalue weighted by Gasteiger charge is 2.37. The van der Waals surface area contributed by atoms with E-state index < -0.39 is 8.32 Å². The first-order valence-electron chi connectivity index (χ1n) is 7.69. The Bertz CT molecular complexity index is 555. The molecule has 0 saturated heterocycles. The topological polar surface area (TPSA) is 67.2 Å². The van der Waals surface area contributed by atoms with Crippen molar-refractivity contribution in [2.24, 2.45) is 11.0 Å². The molecule has 0 heterocycles. The predicted molar refractivity (Wildman–Crippen MR) is 100 cm³/mol. The number of benzene rings is 1. The fraction of sp³-hybridized carbons (Fsp3) is 0.625. The van der Waals surface area contributed by atoms with Crippen molar-refractivity contribution in [1.29, 1.82) is 0 Å². The van der Waals surface area contributed by atoms with Crippen molar-refractivity contribution < 1.29 is 9.16 Å². The molecule has 0 aliphatic carbocycles. The number of rotatable bonds is 8. The van der Waals surface area contributed by atoms with Gasteiger partial charge in [-0.05, 0) is 41.9 Å². The smallest absolute Gasteiger partial charge is 0.191 e. The van der Waals surface area contributed by atoms with Gasteiger partial charge in [0.2, 0.25) is 0 Å². The van der Waals surface area contributed by atoms with Gasteiger partial charge in [0.1, 0.15) is 5.75 Å². The Balaban J connectivity index is 2.64. The van der Waals surface area contributed by atoms with Crippen LogP contribution in [0.2, 0.25) is 18.1 Å². The van der Waals surface area contributed by atoms with Gasteiger partial charge >= 0.3 is 0 Å². The van der Waals surface area contributed by atoms with Gasteiger partial charge in [0, 0.05) is 28.5 Å². The maximum Gasteiger partial charge on any atom is 0.191 e. The van der Waals surface area contributed by atoms with E-state index in [1.54, 1.807) is 0 Å². The van der Waals surface area contributed by atoms with Crippen molar-refractivity contribution in [3.05, 3.63) is 39.2 Å². The minimum absolute atomic E-state index is 0.0407. The van der Waals surface area contributed by atoms with E-state index in [4.69, 9.17) is 14.7 Å². The van der Waals surface area contributed by atoms with Gasteiger partial charge in [-0.15, -0.1) is 0 Å². The van der Waals surface area contributed by atoms with Crippen LogP contribution in [0.15, 0.2) is 33.9 Å². The van der Waals surface area contributed by atoms with Crippen LogP contribution in [-0.4, -0.2) is 28.1 Å². The summed E-state index contributed by atoms with van der Waals surface area (Å²) in [7, 11) is -1.82. The summed E-state index contributed by atoms with van der Waals surface area (Å²) >= 11 is 3.42. The van der Waals surface area contributed by atoms with Gasteiger partial charge in [-0.1, -0.05) is 47.9 Å². The molecule has 23 heavy (non-hydrogen) atoms. The molecule has 0 N–H and O–H groups in total. The number of nitrogens with zero attached hydrogens (tertiary/aromatic N) is 3. The Morgan fingerprint density at radius 2 is 2.00 bits per heavy atom. The average molecular weight is 400 g/mol. The van der Waals surface area contributed by atoms with E-state index in [-0.39, 0.29) is 11.0 Å². The van der Waals surface area contributed by atoms with Gasteiger partial charge < -0.3 is 9.16 Å². The molecule has 1 atom stereocenters. The van der Waals surface area contributed by atoms with Gasteiger partial charge in [-0.3, -0.25) is 0 Å². The lowest BCUT2D eigenvalue weighted by Crippen LogP contribution is -2.42. The SMILES string of the molecule is CC(C)(C)[Si](C)(C)OC[C@H](CN=[N+]=[N-])COc1cccc(Br)c1. The van der Waals surface area contributed by atoms with Crippen molar-refractivity contribution in [3.8, 4) is 5.75 Å². The summed E-state index contributed by atoms with van der Waals surface area (Å²) < 4.78 is 13.0. The van der Waals surface area contributed by atoms with Crippen LogP contribution in [0, 0.1) is 5.92 Å². The molecule has 0 unspecified atom stereocenters. The van der Waals surface area contributed by atoms with E-state index in [2.05, 4.69) is 59.8 Å². The first kappa shape index (κ1) is 20.0. The molecule has 1 rings (SSSR count). The van der Waals surface area contributed by atoms with Crippen LogP contribution in [-0.2, 0) is 4.43 Å². The Labute approximate surface area is 148 Å². The normalized spacial score (nSPS) is 13.3. The molecule has 0 radical (unpaired) electrons. The zero-order chi connectivity index (χ0) is 17.5. The van der Waals surface area contributed by atoms with Crippen LogP contribution >= 0.6 is 15.9 Å². The number of halogens is 1. The van der Waals surface area contributed by atoms with E-state index in [1.807, 2.05) is 24.3 Å². The summed E-state index contributed by atoms with van der Waals surface area (Å²) in [6, 6.07) is 7.70.